The van der Waals surface area contributed by atoms with Gasteiger partial charge in [0.25, 0.3) is 6.43 Å². The summed E-state index contributed by atoms with van der Waals surface area (Å²) in [5.41, 5.74) is 7.46. The van der Waals surface area contributed by atoms with Crippen LogP contribution >= 0.6 is 0 Å². The Kier molecular flexibility index (Phi) is 6.99. The molecule has 0 aromatic heterocycles. The Labute approximate surface area is 110 Å². The van der Waals surface area contributed by atoms with Gasteiger partial charge >= 0.3 is 0 Å². The van der Waals surface area contributed by atoms with E-state index in [1.165, 1.54) is 0 Å². The highest BCUT2D eigenvalue weighted by molar-refractivity contribution is 5.75. The molecule has 4 nitrogen and oxygen atoms in total. The van der Waals surface area contributed by atoms with Gasteiger partial charge in [0, 0.05) is 19.5 Å². The van der Waals surface area contributed by atoms with Crippen LogP contribution in [0, 0.1) is 0 Å². The third-order valence-electron chi connectivity index (χ3n) is 2.47. The van der Waals surface area contributed by atoms with Crippen molar-refractivity contribution in [2.24, 2.45) is 5.73 Å². The van der Waals surface area contributed by atoms with Gasteiger partial charge in [-0.3, -0.25) is 4.79 Å². The first-order valence-electron chi connectivity index (χ1n) is 6.02. The zero-order valence-electron chi connectivity index (χ0n) is 10.6. The maximum Gasteiger partial charge on any atom is 0.261 e. The van der Waals surface area contributed by atoms with Crippen LogP contribution in [0.1, 0.15) is 17.5 Å². The monoisotopic (exact) mass is 272 g/mol. The molecule has 1 aromatic carbocycles. The minimum Gasteiger partial charge on any atom is -0.375 e. The van der Waals surface area contributed by atoms with E-state index < -0.39 is 13.0 Å². The van der Waals surface area contributed by atoms with E-state index in [0.29, 0.717) is 13.1 Å². The Balaban J connectivity index is 2.18. The first kappa shape index (κ1) is 15.5. The van der Waals surface area contributed by atoms with Crippen LogP contribution in [-0.4, -0.2) is 25.5 Å². The molecule has 0 saturated heterocycles. The molecule has 0 unspecified atom stereocenters. The summed E-state index contributed by atoms with van der Waals surface area (Å²) in [5, 5.41) is 2.69. The molecular weight excluding hydrogens is 254 g/mol. The molecule has 1 rings (SSSR count). The van der Waals surface area contributed by atoms with Gasteiger partial charge < -0.3 is 15.8 Å². The lowest BCUT2D eigenvalue weighted by molar-refractivity contribution is -0.122. The Bertz CT molecular complexity index is 383. The van der Waals surface area contributed by atoms with Crippen molar-refractivity contribution in [3.05, 3.63) is 35.4 Å². The standard InChI is InChI=1S/C13H18F2N2O2/c14-12(15)9-19-6-5-13(18)17-8-11-3-1-10(7-16)2-4-11/h1-4,12H,5-9,16H2,(H,17,18). The topological polar surface area (TPSA) is 64.3 Å². The van der Waals surface area contributed by atoms with Gasteiger partial charge in [-0.2, -0.15) is 0 Å². The lowest BCUT2D eigenvalue weighted by Gasteiger charge is -2.06. The number of amides is 1. The Morgan fingerprint density at radius 2 is 1.89 bits per heavy atom. The van der Waals surface area contributed by atoms with E-state index in [1.54, 1.807) is 0 Å². The number of hydrogen-bond donors (Lipinski definition) is 2. The lowest BCUT2D eigenvalue weighted by Crippen LogP contribution is -2.24. The SMILES string of the molecule is NCc1ccc(CNC(=O)CCOCC(F)F)cc1. The fraction of sp³-hybridized carbons (Fsp3) is 0.462. The van der Waals surface area contributed by atoms with Crippen LogP contribution in [0.15, 0.2) is 24.3 Å². The fourth-order valence-electron chi connectivity index (χ4n) is 1.42. The van der Waals surface area contributed by atoms with E-state index in [1.807, 2.05) is 24.3 Å². The van der Waals surface area contributed by atoms with Crippen LogP contribution in [-0.2, 0) is 22.6 Å². The zero-order chi connectivity index (χ0) is 14.1. The minimum absolute atomic E-state index is 0.00227. The largest absolute Gasteiger partial charge is 0.375 e. The van der Waals surface area contributed by atoms with Crippen LogP contribution in [0.5, 0.6) is 0 Å². The molecule has 6 heteroatoms. The third kappa shape index (κ3) is 6.83. The molecule has 0 atom stereocenters. The second kappa shape index (κ2) is 8.55. The van der Waals surface area contributed by atoms with E-state index in [2.05, 4.69) is 10.1 Å². The summed E-state index contributed by atoms with van der Waals surface area (Å²) < 4.78 is 28.1. The van der Waals surface area contributed by atoms with Crippen molar-refractivity contribution in [2.75, 3.05) is 13.2 Å². The summed E-state index contributed by atoms with van der Waals surface area (Å²) in [6, 6.07) is 7.56. The summed E-state index contributed by atoms with van der Waals surface area (Å²) >= 11 is 0. The molecule has 0 aliphatic heterocycles. The molecule has 106 valence electrons. The predicted octanol–water partition coefficient (Wildman–Crippen LogP) is 1.43. The van der Waals surface area contributed by atoms with Crippen LogP contribution < -0.4 is 11.1 Å². The number of halogens is 2. The zero-order valence-corrected chi connectivity index (χ0v) is 10.6. The Morgan fingerprint density at radius 3 is 2.47 bits per heavy atom. The van der Waals surface area contributed by atoms with Crippen LogP contribution in [0.3, 0.4) is 0 Å². The van der Waals surface area contributed by atoms with Gasteiger partial charge in [-0.15, -0.1) is 0 Å². The number of hydrogen-bond acceptors (Lipinski definition) is 3. The molecule has 0 aliphatic rings. The summed E-state index contributed by atoms with van der Waals surface area (Å²) in [6.45, 7) is 0.253. The predicted molar refractivity (Wildman–Crippen MR) is 67.6 cm³/mol. The molecule has 3 N–H and O–H groups in total. The van der Waals surface area contributed by atoms with E-state index in [4.69, 9.17) is 5.73 Å². The molecule has 0 heterocycles. The van der Waals surface area contributed by atoms with Crippen molar-refractivity contribution in [3.63, 3.8) is 0 Å². The molecule has 1 aromatic rings. The van der Waals surface area contributed by atoms with Crippen LogP contribution in [0.2, 0.25) is 0 Å². The smallest absolute Gasteiger partial charge is 0.261 e. The Morgan fingerprint density at radius 1 is 1.26 bits per heavy atom. The van der Waals surface area contributed by atoms with Gasteiger partial charge in [-0.25, -0.2) is 8.78 Å². The average Bonchev–Trinajstić information content (AvgIpc) is 2.41. The average molecular weight is 272 g/mol. The number of nitrogens with one attached hydrogen (secondary N) is 1. The number of nitrogens with two attached hydrogens (primary N) is 1. The van der Waals surface area contributed by atoms with E-state index in [9.17, 15) is 13.6 Å². The molecule has 0 saturated carbocycles. The maximum atomic E-state index is 11.8. The molecular formula is C13H18F2N2O2. The summed E-state index contributed by atoms with van der Waals surface area (Å²) in [7, 11) is 0. The van der Waals surface area contributed by atoms with Crippen molar-refractivity contribution in [2.45, 2.75) is 25.9 Å². The number of rotatable bonds is 8. The second-order valence-electron chi connectivity index (χ2n) is 4.01. The number of carbonyl (C=O) groups excluding carboxylic acids is 1. The van der Waals surface area contributed by atoms with Crippen molar-refractivity contribution in [3.8, 4) is 0 Å². The van der Waals surface area contributed by atoms with Crippen LogP contribution in [0.25, 0.3) is 0 Å². The fourth-order valence-corrected chi connectivity index (χ4v) is 1.42. The van der Waals surface area contributed by atoms with Crippen molar-refractivity contribution in [1.82, 2.24) is 5.32 Å². The highest BCUT2D eigenvalue weighted by Crippen LogP contribution is 2.03. The summed E-state index contributed by atoms with van der Waals surface area (Å²) in [4.78, 5) is 11.4. The summed E-state index contributed by atoms with van der Waals surface area (Å²) in [6.07, 6.45) is -2.42. The van der Waals surface area contributed by atoms with Crippen molar-refractivity contribution in [1.29, 1.82) is 0 Å². The Hall–Kier alpha value is -1.53. The first-order valence-corrected chi connectivity index (χ1v) is 6.02. The van der Waals surface area contributed by atoms with Crippen molar-refractivity contribution >= 4 is 5.91 Å². The molecule has 1 amide bonds. The van der Waals surface area contributed by atoms with E-state index >= 15 is 0 Å². The minimum atomic E-state index is -2.50. The molecule has 0 aliphatic carbocycles. The molecule has 19 heavy (non-hydrogen) atoms. The molecule has 0 radical (unpaired) electrons. The lowest BCUT2D eigenvalue weighted by atomic mass is 10.1. The molecule has 0 fully saturated rings. The van der Waals surface area contributed by atoms with Gasteiger partial charge in [-0.1, -0.05) is 24.3 Å². The quantitative estimate of drug-likeness (QED) is 0.704. The number of alkyl halides is 2. The first-order chi connectivity index (χ1) is 9.11. The normalized spacial score (nSPS) is 10.7. The highest BCUT2D eigenvalue weighted by atomic mass is 19.3. The summed E-state index contributed by atoms with van der Waals surface area (Å²) in [5.74, 6) is -0.225. The molecule has 0 spiro atoms. The molecule has 0 bridgehead atoms. The highest BCUT2D eigenvalue weighted by Gasteiger charge is 2.04. The van der Waals surface area contributed by atoms with Gasteiger partial charge in [-0.05, 0) is 11.1 Å². The van der Waals surface area contributed by atoms with E-state index in [-0.39, 0.29) is 18.9 Å². The maximum absolute atomic E-state index is 11.8. The van der Waals surface area contributed by atoms with Gasteiger partial charge in [0.2, 0.25) is 5.91 Å². The number of ether oxygens (including phenoxy) is 1. The van der Waals surface area contributed by atoms with Gasteiger partial charge in [0.1, 0.15) is 6.61 Å². The number of benzene rings is 1. The van der Waals surface area contributed by atoms with Gasteiger partial charge in [0.15, 0.2) is 0 Å². The second-order valence-corrected chi connectivity index (χ2v) is 4.01. The van der Waals surface area contributed by atoms with Crippen LogP contribution in [0.4, 0.5) is 8.78 Å². The third-order valence-corrected chi connectivity index (χ3v) is 2.47. The van der Waals surface area contributed by atoms with Gasteiger partial charge in [0.05, 0.1) is 6.61 Å². The van der Waals surface area contributed by atoms with E-state index in [0.717, 1.165) is 11.1 Å². The van der Waals surface area contributed by atoms with Crippen molar-refractivity contribution < 1.29 is 18.3 Å². The number of carbonyl (C=O) groups is 1.